The Hall–Kier alpha value is -2.95. The van der Waals surface area contributed by atoms with Crippen LogP contribution in [-0.4, -0.2) is 26.0 Å². The van der Waals surface area contributed by atoms with E-state index in [4.69, 9.17) is 0 Å². The highest BCUT2D eigenvalue weighted by atomic mass is 16.2. The smallest absolute Gasteiger partial charge is 0.330 e. The van der Waals surface area contributed by atoms with Gasteiger partial charge in [-0.3, -0.25) is 19.1 Å². The van der Waals surface area contributed by atoms with Crippen molar-refractivity contribution in [3.8, 4) is 6.07 Å². The van der Waals surface area contributed by atoms with Crippen LogP contribution in [0.2, 0.25) is 0 Å². The minimum absolute atomic E-state index is 0.00790. The summed E-state index contributed by atoms with van der Waals surface area (Å²) in [6.07, 6.45) is 2.05. The number of hydrogen-bond acceptors (Lipinski definition) is 5. The van der Waals surface area contributed by atoms with Crippen LogP contribution in [0.3, 0.4) is 0 Å². The number of aromatic amines is 1. The maximum Gasteiger partial charge on any atom is 0.330 e. The molecule has 8 heteroatoms. The first-order valence-corrected chi connectivity index (χ1v) is 9.59. The zero-order chi connectivity index (χ0) is 20.6. The summed E-state index contributed by atoms with van der Waals surface area (Å²) in [5.74, 6) is -0.354. The first-order chi connectivity index (χ1) is 13.2. The molecule has 1 aliphatic rings. The van der Waals surface area contributed by atoms with Crippen LogP contribution < -0.4 is 16.6 Å². The molecule has 0 unspecified atom stereocenters. The SMILES string of the molecule is CC(C)Cn1c(=O)[nH]c(=O)c2c(C(=O)NC3(C#N)CCC3)cc(C(C)C)nc21. The van der Waals surface area contributed by atoms with Crippen molar-refractivity contribution in [1.82, 2.24) is 19.9 Å². The number of H-pyrrole nitrogens is 1. The highest BCUT2D eigenvalue weighted by molar-refractivity contribution is 6.05. The van der Waals surface area contributed by atoms with E-state index in [9.17, 15) is 19.6 Å². The topological polar surface area (TPSA) is 121 Å². The summed E-state index contributed by atoms with van der Waals surface area (Å²) < 4.78 is 1.41. The third-order valence-electron chi connectivity index (χ3n) is 5.13. The number of nitrogens with zero attached hydrogens (tertiary/aromatic N) is 3. The molecule has 0 saturated heterocycles. The molecule has 148 valence electrons. The fourth-order valence-corrected chi connectivity index (χ4v) is 3.38. The second-order valence-corrected chi connectivity index (χ2v) is 8.21. The van der Waals surface area contributed by atoms with Crippen LogP contribution in [0.25, 0.3) is 11.0 Å². The number of aromatic nitrogens is 3. The summed E-state index contributed by atoms with van der Waals surface area (Å²) in [4.78, 5) is 44.9. The molecule has 28 heavy (non-hydrogen) atoms. The average Bonchev–Trinajstić information content (AvgIpc) is 2.60. The average molecular weight is 383 g/mol. The summed E-state index contributed by atoms with van der Waals surface area (Å²) >= 11 is 0. The molecule has 0 aliphatic heterocycles. The van der Waals surface area contributed by atoms with Gasteiger partial charge in [0.25, 0.3) is 11.5 Å². The molecule has 1 aliphatic carbocycles. The largest absolute Gasteiger partial charge is 0.334 e. The Kier molecular flexibility index (Phi) is 5.11. The van der Waals surface area contributed by atoms with Crippen molar-refractivity contribution in [3.05, 3.63) is 38.2 Å². The van der Waals surface area contributed by atoms with Gasteiger partial charge < -0.3 is 5.32 Å². The van der Waals surface area contributed by atoms with E-state index < -0.39 is 22.7 Å². The molecule has 3 rings (SSSR count). The molecule has 2 aromatic heterocycles. The Morgan fingerprint density at radius 1 is 1.36 bits per heavy atom. The molecule has 0 atom stereocenters. The van der Waals surface area contributed by atoms with E-state index in [0.717, 1.165) is 6.42 Å². The highest BCUT2D eigenvalue weighted by Crippen LogP contribution is 2.31. The normalized spacial score (nSPS) is 15.5. The van der Waals surface area contributed by atoms with Crippen LogP contribution in [0.1, 0.15) is 68.9 Å². The molecule has 0 radical (unpaired) electrons. The van der Waals surface area contributed by atoms with E-state index in [-0.39, 0.29) is 28.4 Å². The molecule has 1 amide bonds. The lowest BCUT2D eigenvalue weighted by atomic mass is 9.78. The maximum absolute atomic E-state index is 13.0. The molecule has 2 N–H and O–H groups in total. The van der Waals surface area contributed by atoms with E-state index in [2.05, 4.69) is 21.4 Å². The maximum atomic E-state index is 13.0. The number of carbonyl (C=O) groups is 1. The fourth-order valence-electron chi connectivity index (χ4n) is 3.38. The van der Waals surface area contributed by atoms with E-state index in [0.29, 0.717) is 25.1 Å². The molecule has 0 bridgehead atoms. The quantitative estimate of drug-likeness (QED) is 0.818. The first kappa shape index (κ1) is 19.8. The van der Waals surface area contributed by atoms with Crippen molar-refractivity contribution in [2.24, 2.45) is 5.92 Å². The summed E-state index contributed by atoms with van der Waals surface area (Å²) in [5, 5.41) is 12.3. The second kappa shape index (κ2) is 7.23. The van der Waals surface area contributed by atoms with Crippen LogP contribution in [0.15, 0.2) is 15.7 Å². The lowest BCUT2D eigenvalue weighted by Crippen LogP contribution is -2.52. The number of carbonyl (C=O) groups excluding carboxylic acids is 1. The molecular formula is C20H25N5O3. The van der Waals surface area contributed by atoms with Gasteiger partial charge in [-0.05, 0) is 37.2 Å². The second-order valence-electron chi connectivity index (χ2n) is 8.21. The molecule has 2 aromatic rings. The van der Waals surface area contributed by atoms with Gasteiger partial charge in [-0.1, -0.05) is 27.7 Å². The van der Waals surface area contributed by atoms with Crippen LogP contribution in [0.5, 0.6) is 0 Å². The molecule has 1 fully saturated rings. The zero-order valence-corrected chi connectivity index (χ0v) is 16.6. The van der Waals surface area contributed by atoms with E-state index in [1.807, 2.05) is 27.7 Å². The van der Waals surface area contributed by atoms with Crippen LogP contribution >= 0.6 is 0 Å². The summed E-state index contributed by atoms with van der Waals surface area (Å²) in [5.41, 5.74) is -1.11. The van der Waals surface area contributed by atoms with E-state index in [1.54, 1.807) is 6.07 Å². The Morgan fingerprint density at radius 2 is 2.04 bits per heavy atom. The lowest BCUT2D eigenvalue weighted by molar-refractivity contribution is 0.0883. The summed E-state index contributed by atoms with van der Waals surface area (Å²) in [7, 11) is 0. The monoisotopic (exact) mass is 383 g/mol. The van der Waals surface area contributed by atoms with Crippen molar-refractivity contribution in [3.63, 3.8) is 0 Å². The van der Waals surface area contributed by atoms with Gasteiger partial charge in [0.05, 0.1) is 17.0 Å². The van der Waals surface area contributed by atoms with Gasteiger partial charge in [0.1, 0.15) is 5.54 Å². The molecule has 0 spiro atoms. The Labute approximate surface area is 162 Å². The lowest BCUT2D eigenvalue weighted by Gasteiger charge is -2.35. The van der Waals surface area contributed by atoms with Crippen molar-refractivity contribution in [2.45, 2.75) is 65.0 Å². The predicted octanol–water partition coefficient (Wildman–Crippen LogP) is 2.04. The number of amides is 1. The van der Waals surface area contributed by atoms with Gasteiger partial charge in [-0.15, -0.1) is 0 Å². The third-order valence-corrected chi connectivity index (χ3v) is 5.13. The summed E-state index contributed by atoms with van der Waals surface area (Å²) in [6.45, 7) is 8.13. The van der Waals surface area contributed by atoms with Crippen molar-refractivity contribution >= 4 is 16.9 Å². The third kappa shape index (κ3) is 3.44. The van der Waals surface area contributed by atoms with Crippen LogP contribution in [0.4, 0.5) is 0 Å². The van der Waals surface area contributed by atoms with Gasteiger partial charge in [0.2, 0.25) is 0 Å². The number of hydrogen-bond donors (Lipinski definition) is 2. The Balaban J connectivity index is 2.27. The van der Waals surface area contributed by atoms with Crippen molar-refractivity contribution < 1.29 is 4.79 Å². The van der Waals surface area contributed by atoms with Crippen molar-refractivity contribution in [2.75, 3.05) is 0 Å². The van der Waals surface area contributed by atoms with Gasteiger partial charge in [-0.25, -0.2) is 9.78 Å². The molecule has 0 aromatic carbocycles. The highest BCUT2D eigenvalue weighted by Gasteiger charge is 2.39. The molecule has 2 heterocycles. The molecule has 1 saturated carbocycles. The minimum Gasteiger partial charge on any atom is -0.334 e. The van der Waals surface area contributed by atoms with Gasteiger partial charge in [-0.2, -0.15) is 5.26 Å². The predicted molar refractivity (Wildman–Crippen MR) is 105 cm³/mol. The van der Waals surface area contributed by atoms with Crippen molar-refractivity contribution in [1.29, 1.82) is 5.26 Å². The zero-order valence-electron chi connectivity index (χ0n) is 16.6. The van der Waals surface area contributed by atoms with Crippen LogP contribution in [-0.2, 0) is 6.54 Å². The van der Waals surface area contributed by atoms with E-state index >= 15 is 0 Å². The minimum atomic E-state index is -0.885. The standard InChI is InChI=1S/C20H25N5O3/c1-11(2)9-25-16-15(18(27)23-19(25)28)13(8-14(22-16)12(3)4)17(26)24-20(10-21)6-5-7-20/h8,11-12H,5-7,9H2,1-4H3,(H,24,26)(H,23,27,28). The van der Waals surface area contributed by atoms with Gasteiger partial charge in [0.15, 0.2) is 5.65 Å². The fraction of sp³-hybridized carbons (Fsp3) is 0.550. The molecule has 8 nitrogen and oxygen atoms in total. The Morgan fingerprint density at radius 3 is 2.54 bits per heavy atom. The number of fused-ring (bicyclic) bond motifs is 1. The van der Waals surface area contributed by atoms with E-state index in [1.165, 1.54) is 4.57 Å². The van der Waals surface area contributed by atoms with Gasteiger partial charge in [0, 0.05) is 12.2 Å². The number of pyridine rings is 1. The first-order valence-electron chi connectivity index (χ1n) is 9.59. The summed E-state index contributed by atoms with van der Waals surface area (Å²) in [6, 6.07) is 3.76. The van der Waals surface area contributed by atoms with Gasteiger partial charge >= 0.3 is 5.69 Å². The number of nitrogens with one attached hydrogen (secondary N) is 2. The number of rotatable bonds is 5. The molecular weight excluding hydrogens is 358 g/mol. The number of nitriles is 1. The Bertz CT molecular complexity index is 1080. The van der Waals surface area contributed by atoms with Crippen LogP contribution in [0, 0.1) is 17.2 Å².